The van der Waals surface area contributed by atoms with Crippen LogP contribution >= 0.6 is 22.9 Å². The zero-order chi connectivity index (χ0) is 14.0. The highest BCUT2D eigenvalue weighted by Gasteiger charge is 2.21. The molecule has 2 rings (SSSR count). The minimum Gasteiger partial charge on any atom is -0.333 e. The highest BCUT2D eigenvalue weighted by molar-refractivity contribution is 7.12. The molecular weight excluding hydrogens is 282 g/mol. The third-order valence-electron chi connectivity index (χ3n) is 2.91. The predicted molar refractivity (Wildman–Crippen MR) is 76.6 cm³/mol. The Balaban J connectivity index is 2.17. The summed E-state index contributed by atoms with van der Waals surface area (Å²) in [6, 6.07) is 4.10. The molecule has 2 heterocycles. The molecule has 0 aromatic carbocycles. The Kier molecular flexibility index (Phi) is 4.17. The van der Waals surface area contributed by atoms with E-state index in [9.17, 15) is 4.79 Å². The van der Waals surface area contributed by atoms with Crippen LogP contribution in [0.3, 0.4) is 0 Å². The SMILES string of the molecule is Cc1ccc(C(C)N(C)C(=O)c2cnc(Cl)cn2)s1. The number of hydrogen-bond acceptors (Lipinski definition) is 4. The van der Waals surface area contributed by atoms with E-state index in [1.807, 2.05) is 19.9 Å². The zero-order valence-corrected chi connectivity index (χ0v) is 12.5. The molecule has 100 valence electrons. The highest BCUT2D eigenvalue weighted by atomic mass is 35.5. The van der Waals surface area contributed by atoms with E-state index in [2.05, 4.69) is 16.0 Å². The summed E-state index contributed by atoms with van der Waals surface area (Å²) < 4.78 is 0. The number of thiophene rings is 1. The van der Waals surface area contributed by atoms with Gasteiger partial charge in [-0.1, -0.05) is 11.6 Å². The molecular formula is C13H14ClN3OS. The van der Waals surface area contributed by atoms with Crippen molar-refractivity contribution in [2.45, 2.75) is 19.9 Å². The van der Waals surface area contributed by atoms with E-state index in [1.165, 1.54) is 17.3 Å². The van der Waals surface area contributed by atoms with E-state index in [1.54, 1.807) is 23.3 Å². The summed E-state index contributed by atoms with van der Waals surface area (Å²) in [5, 5.41) is 0.279. The topological polar surface area (TPSA) is 46.1 Å². The van der Waals surface area contributed by atoms with Gasteiger partial charge in [-0.3, -0.25) is 4.79 Å². The van der Waals surface area contributed by atoms with E-state index in [0.717, 1.165) is 4.88 Å². The first kappa shape index (κ1) is 14.0. The summed E-state index contributed by atoms with van der Waals surface area (Å²) in [5.74, 6) is -0.164. The molecule has 0 saturated carbocycles. The smallest absolute Gasteiger partial charge is 0.274 e. The van der Waals surface area contributed by atoms with Gasteiger partial charge in [-0.25, -0.2) is 9.97 Å². The molecule has 4 nitrogen and oxygen atoms in total. The average Bonchev–Trinajstić information content (AvgIpc) is 2.84. The Labute approximate surface area is 121 Å². The zero-order valence-electron chi connectivity index (χ0n) is 10.9. The second kappa shape index (κ2) is 5.67. The van der Waals surface area contributed by atoms with Crippen LogP contribution in [0, 0.1) is 6.92 Å². The van der Waals surface area contributed by atoms with Gasteiger partial charge in [-0.15, -0.1) is 11.3 Å². The van der Waals surface area contributed by atoms with Crippen LogP contribution in [-0.4, -0.2) is 27.8 Å². The molecule has 19 heavy (non-hydrogen) atoms. The number of nitrogens with zero attached hydrogens (tertiary/aromatic N) is 3. The summed E-state index contributed by atoms with van der Waals surface area (Å²) in [7, 11) is 1.76. The molecule has 0 aliphatic heterocycles. The lowest BCUT2D eigenvalue weighted by Crippen LogP contribution is -2.30. The number of rotatable bonds is 3. The largest absolute Gasteiger partial charge is 0.333 e. The molecule has 0 bridgehead atoms. The first-order valence-corrected chi connectivity index (χ1v) is 6.99. The van der Waals surface area contributed by atoms with Crippen molar-refractivity contribution < 1.29 is 4.79 Å². The van der Waals surface area contributed by atoms with Crippen molar-refractivity contribution in [3.63, 3.8) is 0 Å². The van der Waals surface area contributed by atoms with Crippen LogP contribution in [0.25, 0.3) is 0 Å². The van der Waals surface area contributed by atoms with Crippen molar-refractivity contribution in [3.8, 4) is 0 Å². The van der Waals surface area contributed by atoms with Crippen molar-refractivity contribution in [2.24, 2.45) is 0 Å². The molecule has 0 aliphatic carbocycles. The lowest BCUT2D eigenvalue weighted by molar-refractivity contribution is 0.0738. The fourth-order valence-electron chi connectivity index (χ4n) is 1.65. The molecule has 0 spiro atoms. The average molecular weight is 296 g/mol. The van der Waals surface area contributed by atoms with Crippen molar-refractivity contribution in [1.29, 1.82) is 0 Å². The lowest BCUT2D eigenvalue weighted by Gasteiger charge is -2.23. The summed E-state index contributed by atoms with van der Waals surface area (Å²) in [4.78, 5) is 24.2. The van der Waals surface area contributed by atoms with Crippen LogP contribution in [0.5, 0.6) is 0 Å². The third kappa shape index (κ3) is 3.11. The number of amides is 1. The van der Waals surface area contributed by atoms with E-state index in [0.29, 0.717) is 5.69 Å². The molecule has 2 aromatic rings. The molecule has 6 heteroatoms. The molecule has 0 saturated heterocycles. The fraction of sp³-hybridized carbons (Fsp3) is 0.308. The Morgan fingerprint density at radius 3 is 2.63 bits per heavy atom. The number of aryl methyl sites for hydroxylation is 1. The maximum atomic E-state index is 12.3. The minimum absolute atomic E-state index is 0.00341. The van der Waals surface area contributed by atoms with E-state index >= 15 is 0 Å². The van der Waals surface area contributed by atoms with E-state index in [-0.39, 0.29) is 17.1 Å². The van der Waals surface area contributed by atoms with Gasteiger partial charge >= 0.3 is 0 Å². The number of halogens is 1. The van der Waals surface area contributed by atoms with Crippen LogP contribution in [0.4, 0.5) is 0 Å². The van der Waals surface area contributed by atoms with Crippen LogP contribution in [-0.2, 0) is 0 Å². The monoisotopic (exact) mass is 295 g/mol. The minimum atomic E-state index is -0.164. The molecule has 1 amide bonds. The second-order valence-electron chi connectivity index (χ2n) is 4.26. The maximum absolute atomic E-state index is 12.3. The summed E-state index contributed by atoms with van der Waals surface area (Å²) in [6.07, 6.45) is 2.77. The van der Waals surface area contributed by atoms with Gasteiger partial charge in [0, 0.05) is 16.8 Å². The van der Waals surface area contributed by atoms with Crippen LogP contribution in [0.15, 0.2) is 24.5 Å². The molecule has 0 N–H and O–H groups in total. The molecule has 1 unspecified atom stereocenters. The van der Waals surface area contributed by atoms with E-state index in [4.69, 9.17) is 11.6 Å². The highest BCUT2D eigenvalue weighted by Crippen LogP contribution is 2.27. The van der Waals surface area contributed by atoms with Gasteiger partial charge in [0.1, 0.15) is 10.8 Å². The summed E-state index contributed by atoms with van der Waals surface area (Å²) in [5.41, 5.74) is 0.298. The number of aromatic nitrogens is 2. The number of hydrogen-bond donors (Lipinski definition) is 0. The molecule has 2 aromatic heterocycles. The second-order valence-corrected chi connectivity index (χ2v) is 5.97. The number of carbonyl (C=O) groups excluding carboxylic acids is 1. The first-order valence-electron chi connectivity index (χ1n) is 5.80. The van der Waals surface area contributed by atoms with Crippen LogP contribution in [0.1, 0.15) is 33.2 Å². The quantitative estimate of drug-likeness (QED) is 0.872. The molecule has 0 fully saturated rings. The Hall–Kier alpha value is -1.46. The fourth-order valence-corrected chi connectivity index (χ4v) is 2.72. The molecule has 0 radical (unpaired) electrons. The van der Waals surface area contributed by atoms with E-state index < -0.39 is 0 Å². The van der Waals surface area contributed by atoms with Crippen molar-refractivity contribution in [3.05, 3.63) is 45.1 Å². The first-order chi connectivity index (χ1) is 8.99. The van der Waals surface area contributed by atoms with Gasteiger partial charge in [0.2, 0.25) is 0 Å². The van der Waals surface area contributed by atoms with Crippen molar-refractivity contribution >= 4 is 28.8 Å². The Morgan fingerprint density at radius 2 is 2.11 bits per heavy atom. The van der Waals surface area contributed by atoms with Gasteiger partial charge in [-0.05, 0) is 26.0 Å². The van der Waals surface area contributed by atoms with Crippen LogP contribution < -0.4 is 0 Å². The van der Waals surface area contributed by atoms with Crippen molar-refractivity contribution in [1.82, 2.24) is 14.9 Å². The Bertz CT molecular complexity index is 582. The van der Waals surface area contributed by atoms with Gasteiger partial charge < -0.3 is 4.90 Å². The normalized spacial score (nSPS) is 12.2. The third-order valence-corrected chi connectivity index (χ3v) is 4.28. The summed E-state index contributed by atoms with van der Waals surface area (Å²) >= 11 is 7.35. The summed E-state index contributed by atoms with van der Waals surface area (Å²) in [6.45, 7) is 4.04. The number of carbonyl (C=O) groups is 1. The van der Waals surface area contributed by atoms with Crippen LogP contribution in [0.2, 0.25) is 5.15 Å². The molecule has 0 aliphatic rings. The Morgan fingerprint density at radius 1 is 1.37 bits per heavy atom. The van der Waals surface area contributed by atoms with Gasteiger partial charge in [0.25, 0.3) is 5.91 Å². The van der Waals surface area contributed by atoms with Crippen molar-refractivity contribution in [2.75, 3.05) is 7.05 Å². The van der Waals surface area contributed by atoms with Gasteiger partial charge in [0.05, 0.1) is 18.4 Å². The predicted octanol–water partition coefficient (Wildman–Crippen LogP) is 3.33. The van der Waals surface area contributed by atoms with Gasteiger partial charge in [0.15, 0.2) is 0 Å². The lowest BCUT2D eigenvalue weighted by atomic mass is 10.2. The standard InChI is InChI=1S/C13H14ClN3OS/c1-8-4-5-11(19-8)9(2)17(3)13(18)10-6-16-12(14)7-15-10/h4-7,9H,1-3H3. The van der Waals surface area contributed by atoms with Gasteiger partial charge in [-0.2, -0.15) is 0 Å². The maximum Gasteiger partial charge on any atom is 0.274 e. The molecule has 1 atom stereocenters.